The SMILES string of the molecule is O=C1NC(=N[C@H]2CCCOC2)N/C1=C\c1ccc2ncsc2c1. The van der Waals surface area contributed by atoms with Crippen LogP contribution in [0.3, 0.4) is 0 Å². The van der Waals surface area contributed by atoms with Gasteiger partial charge >= 0.3 is 0 Å². The van der Waals surface area contributed by atoms with Crippen LogP contribution in [0.5, 0.6) is 0 Å². The lowest BCUT2D eigenvalue weighted by atomic mass is 10.1. The number of thiazole rings is 1. The Kier molecular flexibility index (Phi) is 3.80. The molecule has 0 bridgehead atoms. The van der Waals surface area contributed by atoms with Crippen molar-refractivity contribution in [1.29, 1.82) is 0 Å². The number of hydrogen-bond acceptors (Lipinski definition) is 5. The van der Waals surface area contributed by atoms with Gasteiger partial charge in [-0.3, -0.25) is 10.1 Å². The third-order valence-electron chi connectivity index (χ3n) is 3.84. The molecule has 2 fully saturated rings. The van der Waals surface area contributed by atoms with Crippen LogP contribution < -0.4 is 10.6 Å². The molecule has 6 nitrogen and oxygen atoms in total. The molecule has 0 radical (unpaired) electrons. The van der Waals surface area contributed by atoms with E-state index in [1.54, 1.807) is 11.3 Å². The van der Waals surface area contributed by atoms with Gasteiger partial charge in [-0.15, -0.1) is 11.3 Å². The van der Waals surface area contributed by atoms with Gasteiger partial charge in [0.25, 0.3) is 5.91 Å². The number of aliphatic imine (C=N–C) groups is 1. The minimum Gasteiger partial charge on any atom is -0.379 e. The van der Waals surface area contributed by atoms with Crippen molar-refractivity contribution in [3.63, 3.8) is 0 Å². The highest BCUT2D eigenvalue weighted by atomic mass is 32.1. The first-order chi connectivity index (χ1) is 11.3. The molecule has 0 aliphatic carbocycles. The minimum atomic E-state index is -0.162. The second-order valence-corrected chi connectivity index (χ2v) is 6.45. The highest BCUT2D eigenvalue weighted by Gasteiger charge is 2.23. The molecule has 2 saturated heterocycles. The predicted octanol–water partition coefficient (Wildman–Crippen LogP) is 1.89. The molecule has 2 aliphatic rings. The fourth-order valence-corrected chi connectivity index (χ4v) is 3.42. The summed E-state index contributed by atoms with van der Waals surface area (Å²) in [4.78, 5) is 20.9. The Bertz CT molecular complexity index is 805. The Morgan fingerprint density at radius 3 is 3.22 bits per heavy atom. The van der Waals surface area contributed by atoms with Gasteiger partial charge in [0.1, 0.15) is 5.70 Å². The molecule has 0 saturated carbocycles. The number of carbonyl (C=O) groups is 1. The van der Waals surface area contributed by atoms with Gasteiger partial charge in [0.15, 0.2) is 0 Å². The molecule has 1 atom stereocenters. The molecule has 2 aromatic rings. The number of benzene rings is 1. The van der Waals surface area contributed by atoms with E-state index in [2.05, 4.69) is 20.6 Å². The van der Waals surface area contributed by atoms with Gasteiger partial charge in [-0.25, -0.2) is 9.98 Å². The fraction of sp³-hybridized carbons (Fsp3) is 0.312. The maximum Gasteiger partial charge on any atom is 0.274 e. The largest absolute Gasteiger partial charge is 0.379 e. The van der Waals surface area contributed by atoms with Crippen molar-refractivity contribution in [2.75, 3.05) is 13.2 Å². The number of aromatic nitrogens is 1. The number of carbonyl (C=O) groups excluding carboxylic acids is 1. The van der Waals surface area contributed by atoms with Crippen molar-refractivity contribution in [3.8, 4) is 0 Å². The van der Waals surface area contributed by atoms with Gasteiger partial charge in [-0.1, -0.05) is 6.07 Å². The second-order valence-electron chi connectivity index (χ2n) is 5.57. The number of rotatable bonds is 2. The van der Waals surface area contributed by atoms with Gasteiger partial charge in [0, 0.05) is 6.61 Å². The predicted molar refractivity (Wildman–Crippen MR) is 90.2 cm³/mol. The molecule has 3 heterocycles. The lowest BCUT2D eigenvalue weighted by Crippen LogP contribution is -2.30. The molecule has 2 N–H and O–H groups in total. The molecule has 23 heavy (non-hydrogen) atoms. The normalized spacial score (nSPS) is 25.0. The van der Waals surface area contributed by atoms with Crippen molar-refractivity contribution in [1.82, 2.24) is 15.6 Å². The number of nitrogens with one attached hydrogen (secondary N) is 2. The van der Waals surface area contributed by atoms with E-state index in [0.717, 1.165) is 35.2 Å². The molecule has 1 aromatic carbocycles. The Morgan fingerprint density at radius 1 is 1.39 bits per heavy atom. The van der Waals surface area contributed by atoms with Crippen LogP contribution >= 0.6 is 11.3 Å². The van der Waals surface area contributed by atoms with Crippen molar-refractivity contribution < 1.29 is 9.53 Å². The molecule has 1 aromatic heterocycles. The zero-order valence-electron chi connectivity index (χ0n) is 12.4. The number of amides is 1. The van der Waals surface area contributed by atoms with E-state index in [0.29, 0.717) is 18.3 Å². The number of hydrogen-bond donors (Lipinski definition) is 2. The number of ether oxygens (including phenoxy) is 1. The van der Waals surface area contributed by atoms with E-state index in [9.17, 15) is 4.79 Å². The zero-order chi connectivity index (χ0) is 15.6. The molecule has 1 amide bonds. The first-order valence-electron chi connectivity index (χ1n) is 7.57. The lowest BCUT2D eigenvalue weighted by molar-refractivity contribution is -0.115. The maximum absolute atomic E-state index is 12.1. The molecule has 0 spiro atoms. The summed E-state index contributed by atoms with van der Waals surface area (Å²) in [7, 11) is 0. The molecule has 118 valence electrons. The highest BCUT2D eigenvalue weighted by molar-refractivity contribution is 7.16. The summed E-state index contributed by atoms with van der Waals surface area (Å²) in [5.41, 5.74) is 4.26. The Labute approximate surface area is 137 Å². The summed E-state index contributed by atoms with van der Waals surface area (Å²) in [6.45, 7) is 1.41. The molecule has 2 aliphatic heterocycles. The quantitative estimate of drug-likeness (QED) is 0.826. The van der Waals surface area contributed by atoms with E-state index >= 15 is 0 Å². The second kappa shape index (κ2) is 6.10. The first-order valence-corrected chi connectivity index (χ1v) is 8.45. The monoisotopic (exact) mass is 328 g/mol. The molecule has 4 rings (SSSR count). The van der Waals surface area contributed by atoms with Crippen LogP contribution in [0.4, 0.5) is 0 Å². The summed E-state index contributed by atoms with van der Waals surface area (Å²) in [5, 5.41) is 5.83. The minimum absolute atomic E-state index is 0.111. The van der Waals surface area contributed by atoms with Crippen LogP contribution in [-0.4, -0.2) is 36.1 Å². The van der Waals surface area contributed by atoms with Crippen molar-refractivity contribution >= 4 is 39.5 Å². The van der Waals surface area contributed by atoms with E-state index in [-0.39, 0.29) is 11.9 Å². The van der Waals surface area contributed by atoms with Crippen LogP contribution in [0.1, 0.15) is 18.4 Å². The standard InChI is InChI=1S/C16H16N4O2S/c21-15-13(6-10-3-4-12-14(7-10)23-9-17-12)19-16(20-15)18-11-2-1-5-22-8-11/h3-4,6-7,9,11H,1-2,5,8H2,(H2,18,19,20,21)/b13-6-/t11-/m0/s1. The summed E-state index contributed by atoms with van der Waals surface area (Å²) >= 11 is 1.59. The molecular formula is C16H16N4O2S. The van der Waals surface area contributed by atoms with Gasteiger partial charge < -0.3 is 10.1 Å². The van der Waals surface area contributed by atoms with Crippen molar-refractivity contribution in [2.45, 2.75) is 18.9 Å². The third-order valence-corrected chi connectivity index (χ3v) is 4.64. The fourth-order valence-electron chi connectivity index (χ4n) is 2.69. The van der Waals surface area contributed by atoms with Gasteiger partial charge in [0.05, 0.1) is 28.4 Å². The molecule has 7 heteroatoms. The zero-order valence-corrected chi connectivity index (χ0v) is 13.2. The van der Waals surface area contributed by atoms with E-state index in [4.69, 9.17) is 4.74 Å². The van der Waals surface area contributed by atoms with Crippen molar-refractivity contribution in [3.05, 3.63) is 35.0 Å². The number of nitrogens with zero attached hydrogens (tertiary/aromatic N) is 2. The van der Waals surface area contributed by atoms with E-state index < -0.39 is 0 Å². The first kappa shape index (κ1) is 14.3. The van der Waals surface area contributed by atoms with E-state index in [1.165, 1.54) is 0 Å². The van der Waals surface area contributed by atoms with Crippen LogP contribution in [0.25, 0.3) is 16.3 Å². The van der Waals surface area contributed by atoms with Crippen LogP contribution in [-0.2, 0) is 9.53 Å². The van der Waals surface area contributed by atoms with Crippen molar-refractivity contribution in [2.24, 2.45) is 4.99 Å². The van der Waals surface area contributed by atoms with Crippen LogP contribution in [0.2, 0.25) is 0 Å². The average molecular weight is 328 g/mol. The summed E-state index contributed by atoms with van der Waals surface area (Å²) in [6.07, 6.45) is 3.82. The maximum atomic E-state index is 12.1. The van der Waals surface area contributed by atoms with Crippen LogP contribution in [0.15, 0.2) is 34.4 Å². The lowest BCUT2D eigenvalue weighted by Gasteiger charge is -2.18. The van der Waals surface area contributed by atoms with Gasteiger partial charge in [-0.2, -0.15) is 0 Å². The van der Waals surface area contributed by atoms with Gasteiger partial charge in [0.2, 0.25) is 5.96 Å². The van der Waals surface area contributed by atoms with E-state index in [1.807, 2.05) is 29.8 Å². The summed E-state index contributed by atoms with van der Waals surface area (Å²) < 4.78 is 6.51. The summed E-state index contributed by atoms with van der Waals surface area (Å²) in [5.74, 6) is 0.348. The highest BCUT2D eigenvalue weighted by Crippen LogP contribution is 2.20. The topological polar surface area (TPSA) is 75.6 Å². The number of fused-ring (bicyclic) bond motifs is 1. The average Bonchev–Trinajstić information content (AvgIpc) is 3.15. The smallest absolute Gasteiger partial charge is 0.274 e. The molecule has 0 unspecified atom stereocenters. The van der Waals surface area contributed by atoms with Crippen LogP contribution in [0, 0.1) is 0 Å². The Balaban J connectivity index is 1.54. The summed E-state index contributed by atoms with van der Waals surface area (Å²) in [6, 6.07) is 6.05. The van der Waals surface area contributed by atoms with Gasteiger partial charge in [-0.05, 0) is 36.6 Å². The Morgan fingerprint density at radius 2 is 2.35 bits per heavy atom. The Hall–Kier alpha value is -2.25. The molecular weight excluding hydrogens is 312 g/mol. The number of guanidine groups is 1. The third kappa shape index (κ3) is 3.11.